The van der Waals surface area contributed by atoms with E-state index >= 15 is 0 Å². The molecule has 5 heteroatoms. The summed E-state index contributed by atoms with van der Waals surface area (Å²) in [6.45, 7) is 3.16. The Morgan fingerprint density at radius 3 is 2.54 bits per heavy atom. The minimum absolute atomic E-state index is 0.142. The lowest BCUT2D eigenvalue weighted by Crippen LogP contribution is -2.04. The summed E-state index contributed by atoms with van der Waals surface area (Å²) in [5.74, 6) is 4.31. The first-order valence-electron chi connectivity index (χ1n) is 7.57. The Kier molecular flexibility index (Phi) is 6.65. The Hall–Kier alpha value is -2.51. The van der Waals surface area contributed by atoms with Crippen LogP contribution in [-0.4, -0.2) is 20.3 Å². The molecule has 0 aliphatic carbocycles. The van der Waals surface area contributed by atoms with E-state index in [9.17, 15) is 0 Å². The predicted octanol–water partition coefficient (Wildman–Crippen LogP) is 4.37. The molecule has 24 heavy (non-hydrogen) atoms. The van der Waals surface area contributed by atoms with E-state index in [4.69, 9.17) is 32.2 Å². The first-order valence-corrected chi connectivity index (χ1v) is 7.95. The molecule has 0 aliphatic heterocycles. The molecule has 126 valence electrons. The molecule has 0 fully saturated rings. The van der Waals surface area contributed by atoms with Crippen LogP contribution in [0.5, 0.6) is 17.2 Å². The number of hydrogen-bond acceptors (Lipinski definition) is 4. The van der Waals surface area contributed by atoms with Gasteiger partial charge in [-0.2, -0.15) is 0 Å². The Labute approximate surface area is 147 Å². The summed E-state index contributed by atoms with van der Waals surface area (Å²) >= 11 is 6.31. The maximum absolute atomic E-state index is 6.31. The second kappa shape index (κ2) is 8.95. The summed E-state index contributed by atoms with van der Waals surface area (Å²) < 4.78 is 16.2. The second-order valence-corrected chi connectivity index (χ2v) is 5.32. The molecule has 0 aliphatic rings. The van der Waals surface area contributed by atoms with Crippen molar-refractivity contribution in [2.75, 3.05) is 25.6 Å². The van der Waals surface area contributed by atoms with Crippen LogP contribution in [0.25, 0.3) is 0 Å². The van der Waals surface area contributed by atoms with Crippen molar-refractivity contribution in [3.05, 3.63) is 47.0 Å². The Bertz CT molecular complexity index is 708. The Morgan fingerprint density at radius 2 is 1.92 bits per heavy atom. The van der Waals surface area contributed by atoms with E-state index in [0.29, 0.717) is 29.7 Å². The van der Waals surface area contributed by atoms with Gasteiger partial charge < -0.3 is 19.5 Å². The number of terminal acetylenes is 1. The molecule has 0 aromatic heterocycles. The molecule has 0 saturated carbocycles. The van der Waals surface area contributed by atoms with Crippen molar-refractivity contribution in [1.29, 1.82) is 0 Å². The zero-order valence-electron chi connectivity index (χ0n) is 13.8. The number of nitrogens with one attached hydrogen (secondary N) is 1. The van der Waals surface area contributed by atoms with Crippen molar-refractivity contribution in [2.45, 2.75) is 13.5 Å². The zero-order chi connectivity index (χ0) is 17.4. The topological polar surface area (TPSA) is 39.7 Å². The highest BCUT2D eigenvalue weighted by molar-refractivity contribution is 6.32. The molecule has 0 atom stereocenters. The zero-order valence-corrected chi connectivity index (χ0v) is 14.5. The van der Waals surface area contributed by atoms with E-state index in [-0.39, 0.29) is 6.61 Å². The summed E-state index contributed by atoms with van der Waals surface area (Å²) in [5.41, 5.74) is 1.96. The van der Waals surface area contributed by atoms with E-state index in [1.54, 1.807) is 7.11 Å². The van der Waals surface area contributed by atoms with Gasteiger partial charge in [0.1, 0.15) is 12.4 Å². The molecule has 2 rings (SSSR count). The third-order valence-corrected chi connectivity index (χ3v) is 3.54. The largest absolute Gasteiger partial charge is 0.497 e. The first-order chi connectivity index (χ1) is 11.7. The number of halogens is 1. The quantitative estimate of drug-likeness (QED) is 0.721. The maximum Gasteiger partial charge on any atom is 0.181 e. The van der Waals surface area contributed by atoms with Crippen molar-refractivity contribution < 1.29 is 14.2 Å². The number of hydrogen-bond donors (Lipinski definition) is 1. The average Bonchev–Trinajstić information content (AvgIpc) is 2.60. The van der Waals surface area contributed by atoms with Crippen molar-refractivity contribution in [1.82, 2.24) is 0 Å². The van der Waals surface area contributed by atoms with E-state index in [1.807, 2.05) is 43.3 Å². The normalized spacial score (nSPS) is 9.92. The highest BCUT2D eigenvalue weighted by atomic mass is 35.5. The maximum atomic E-state index is 6.31. The van der Waals surface area contributed by atoms with Gasteiger partial charge in [-0.25, -0.2) is 0 Å². The smallest absolute Gasteiger partial charge is 0.181 e. The Morgan fingerprint density at radius 1 is 1.17 bits per heavy atom. The van der Waals surface area contributed by atoms with Gasteiger partial charge in [-0.05, 0) is 48.9 Å². The van der Waals surface area contributed by atoms with Crippen LogP contribution in [0.15, 0.2) is 36.4 Å². The first kappa shape index (κ1) is 17.8. The average molecular weight is 346 g/mol. The fraction of sp³-hybridized carbons (Fsp3) is 0.263. The van der Waals surface area contributed by atoms with Crippen LogP contribution in [0, 0.1) is 12.3 Å². The van der Waals surface area contributed by atoms with Crippen LogP contribution in [0.3, 0.4) is 0 Å². The van der Waals surface area contributed by atoms with Crippen molar-refractivity contribution in [3.8, 4) is 29.6 Å². The molecule has 0 radical (unpaired) electrons. The minimum atomic E-state index is 0.142. The second-order valence-electron chi connectivity index (χ2n) is 4.91. The summed E-state index contributed by atoms with van der Waals surface area (Å²) in [7, 11) is 1.64. The van der Waals surface area contributed by atoms with Gasteiger partial charge in [0.05, 0.1) is 18.7 Å². The fourth-order valence-corrected chi connectivity index (χ4v) is 2.44. The van der Waals surface area contributed by atoms with Crippen molar-refractivity contribution >= 4 is 17.3 Å². The number of benzene rings is 2. The molecule has 0 spiro atoms. The SMILES string of the molecule is C#CCOc1c(Cl)cc(CNc2ccc(OC)cc2)cc1OCC. The van der Waals surface area contributed by atoms with Crippen LogP contribution in [0.2, 0.25) is 5.02 Å². The van der Waals surface area contributed by atoms with Gasteiger partial charge in [0.15, 0.2) is 11.5 Å². The summed E-state index contributed by atoms with van der Waals surface area (Å²) in [5, 5.41) is 3.80. The number of methoxy groups -OCH3 is 1. The van der Waals surface area contributed by atoms with Gasteiger partial charge in [0.25, 0.3) is 0 Å². The molecule has 0 bridgehead atoms. The number of rotatable bonds is 8. The summed E-state index contributed by atoms with van der Waals surface area (Å²) in [6.07, 6.45) is 5.24. The molecule has 0 saturated heterocycles. The number of ether oxygens (including phenoxy) is 3. The van der Waals surface area contributed by atoms with Gasteiger partial charge in [-0.15, -0.1) is 6.42 Å². The van der Waals surface area contributed by atoms with Crippen LogP contribution in [0.4, 0.5) is 5.69 Å². The molecule has 1 N–H and O–H groups in total. The third-order valence-electron chi connectivity index (χ3n) is 3.26. The molecule has 4 nitrogen and oxygen atoms in total. The monoisotopic (exact) mass is 345 g/mol. The standard InChI is InChI=1S/C19H20ClNO3/c1-4-10-24-19-17(20)11-14(12-18(19)23-5-2)13-21-15-6-8-16(22-3)9-7-15/h1,6-9,11-12,21H,5,10,13H2,2-3H3. The molecule has 2 aromatic carbocycles. The third kappa shape index (κ3) is 4.74. The number of anilines is 1. The molecule has 2 aromatic rings. The van der Waals surface area contributed by atoms with E-state index in [1.165, 1.54) is 0 Å². The van der Waals surface area contributed by atoms with Crippen LogP contribution < -0.4 is 19.5 Å². The van der Waals surface area contributed by atoms with Gasteiger partial charge >= 0.3 is 0 Å². The predicted molar refractivity (Wildman–Crippen MR) is 97.3 cm³/mol. The lowest BCUT2D eigenvalue weighted by molar-refractivity contribution is 0.299. The molecule has 0 amide bonds. The summed E-state index contributed by atoms with van der Waals surface area (Å²) in [4.78, 5) is 0. The van der Waals surface area contributed by atoms with Gasteiger partial charge in [-0.3, -0.25) is 0 Å². The highest BCUT2D eigenvalue weighted by Crippen LogP contribution is 2.36. The minimum Gasteiger partial charge on any atom is -0.497 e. The van der Waals surface area contributed by atoms with Gasteiger partial charge in [0.2, 0.25) is 0 Å². The van der Waals surface area contributed by atoms with Crippen molar-refractivity contribution in [3.63, 3.8) is 0 Å². The molecule has 0 unspecified atom stereocenters. The van der Waals surface area contributed by atoms with E-state index in [2.05, 4.69) is 11.2 Å². The summed E-state index contributed by atoms with van der Waals surface area (Å²) in [6, 6.07) is 11.4. The lowest BCUT2D eigenvalue weighted by atomic mass is 10.2. The van der Waals surface area contributed by atoms with Crippen LogP contribution in [0.1, 0.15) is 12.5 Å². The van der Waals surface area contributed by atoms with E-state index in [0.717, 1.165) is 17.0 Å². The molecular weight excluding hydrogens is 326 g/mol. The lowest BCUT2D eigenvalue weighted by Gasteiger charge is -2.15. The molecule has 0 heterocycles. The highest BCUT2D eigenvalue weighted by Gasteiger charge is 2.12. The van der Waals surface area contributed by atoms with Crippen molar-refractivity contribution in [2.24, 2.45) is 0 Å². The van der Waals surface area contributed by atoms with Crippen LogP contribution >= 0.6 is 11.6 Å². The molecular formula is C19H20ClNO3. The Balaban J connectivity index is 2.13. The van der Waals surface area contributed by atoms with Crippen LogP contribution in [-0.2, 0) is 6.54 Å². The van der Waals surface area contributed by atoms with Gasteiger partial charge in [-0.1, -0.05) is 17.5 Å². The van der Waals surface area contributed by atoms with Gasteiger partial charge in [0, 0.05) is 12.2 Å². The van der Waals surface area contributed by atoms with E-state index < -0.39 is 0 Å². The fourth-order valence-electron chi connectivity index (χ4n) is 2.15.